The second kappa shape index (κ2) is 7.94. The molecule has 122 valence electrons. The third-order valence-electron chi connectivity index (χ3n) is 3.20. The highest BCUT2D eigenvalue weighted by atomic mass is 16.5. The number of nitrogens with one attached hydrogen (secondary N) is 1. The predicted octanol–water partition coefficient (Wildman–Crippen LogP) is 2.49. The minimum atomic E-state index is -1.06. The number of amides is 1. The summed E-state index contributed by atoms with van der Waals surface area (Å²) in [5, 5.41) is 11.8. The van der Waals surface area contributed by atoms with E-state index in [0.717, 1.165) is 12.0 Å². The first kappa shape index (κ1) is 18.2. The normalized spacial score (nSPS) is 12.7. The lowest BCUT2D eigenvalue weighted by Crippen LogP contribution is -2.41. The molecule has 1 aromatic carbocycles. The number of carboxylic acid groups (broad SMARTS) is 1. The molecule has 5 heteroatoms. The van der Waals surface area contributed by atoms with Crippen LogP contribution in [0.25, 0.3) is 0 Å². The van der Waals surface area contributed by atoms with Crippen molar-refractivity contribution >= 4 is 11.9 Å². The molecular weight excluding hydrogens is 282 g/mol. The monoisotopic (exact) mass is 307 g/mol. The van der Waals surface area contributed by atoms with E-state index < -0.39 is 12.0 Å². The fourth-order valence-electron chi connectivity index (χ4n) is 2.20. The Bertz CT molecular complexity index is 520. The summed E-state index contributed by atoms with van der Waals surface area (Å²) >= 11 is 0. The van der Waals surface area contributed by atoms with Crippen molar-refractivity contribution in [1.29, 1.82) is 0 Å². The molecule has 1 amide bonds. The van der Waals surface area contributed by atoms with Crippen LogP contribution in [-0.2, 0) is 16.0 Å². The summed E-state index contributed by atoms with van der Waals surface area (Å²) in [5.74, 6) is -1.41. The summed E-state index contributed by atoms with van der Waals surface area (Å²) in [4.78, 5) is 23.6. The molecule has 0 fully saturated rings. The minimum Gasteiger partial charge on any atom is -0.480 e. The van der Waals surface area contributed by atoms with Gasteiger partial charge in [0.15, 0.2) is 0 Å². The Morgan fingerprint density at radius 2 is 1.91 bits per heavy atom. The molecule has 0 aliphatic heterocycles. The number of carbonyl (C=O) groups is 2. The number of ether oxygens (including phenoxy) is 1. The van der Waals surface area contributed by atoms with E-state index in [1.165, 1.54) is 7.11 Å². The van der Waals surface area contributed by atoms with Crippen molar-refractivity contribution in [2.45, 2.75) is 39.7 Å². The summed E-state index contributed by atoms with van der Waals surface area (Å²) in [6.07, 6.45) is 0.978. The van der Waals surface area contributed by atoms with Gasteiger partial charge in [0.1, 0.15) is 6.04 Å². The molecule has 1 atom stereocenters. The number of carboxylic acids is 1. The average Bonchev–Trinajstić information content (AvgIpc) is 2.41. The number of hydrogen-bond acceptors (Lipinski definition) is 3. The van der Waals surface area contributed by atoms with Crippen LogP contribution in [0.5, 0.6) is 0 Å². The number of rotatable bonds is 7. The molecule has 0 aliphatic carbocycles. The zero-order valence-electron chi connectivity index (χ0n) is 13.7. The van der Waals surface area contributed by atoms with E-state index in [1.807, 2.05) is 12.1 Å². The van der Waals surface area contributed by atoms with Gasteiger partial charge in [-0.25, -0.2) is 4.79 Å². The van der Waals surface area contributed by atoms with Gasteiger partial charge in [0.25, 0.3) is 5.91 Å². The maximum absolute atomic E-state index is 12.4. The van der Waals surface area contributed by atoms with Gasteiger partial charge < -0.3 is 15.2 Å². The highest BCUT2D eigenvalue weighted by Crippen LogP contribution is 2.23. The third-order valence-corrected chi connectivity index (χ3v) is 3.20. The Labute approximate surface area is 131 Å². The molecule has 0 aliphatic rings. The molecule has 1 rings (SSSR count). The summed E-state index contributed by atoms with van der Waals surface area (Å²) in [6, 6.07) is 6.36. The number of aliphatic carboxylic acids is 1. The maximum atomic E-state index is 12.4. The van der Waals surface area contributed by atoms with Crippen molar-refractivity contribution in [2.75, 3.05) is 13.7 Å². The van der Waals surface area contributed by atoms with Crippen molar-refractivity contribution < 1.29 is 19.4 Å². The molecule has 0 spiro atoms. The Morgan fingerprint density at radius 3 is 2.45 bits per heavy atom. The van der Waals surface area contributed by atoms with Gasteiger partial charge >= 0.3 is 5.97 Å². The Balaban J connectivity index is 2.90. The van der Waals surface area contributed by atoms with E-state index in [4.69, 9.17) is 4.74 Å². The van der Waals surface area contributed by atoms with E-state index in [9.17, 15) is 14.7 Å². The number of carbonyl (C=O) groups excluding carboxylic acids is 1. The number of hydrogen-bond donors (Lipinski definition) is 2. The molecule has 2 N–H and O–H groups in total. The topological polar surface area (TPSA) is 75.6 Å². The molecule has 0 bridgehead atoms. The van der Waals surface area contributed by atoms with Crippen LogP contribution < -0.4 is 5.32 Å². The van der Waals surface area contributed by atoms with Gasteiger partial charge in [-0.2, -0.15) is 0 Å². The molecule has 0 aromatic heterocycles. The lowest BCUT2D eigenvalue weighted by molar-refractivity contribution is -0.139. The Morgan fingerprint density at radius 1 is 1.27 bits per heavy atom. The van der Waals surface area contributed by atoms with E-state index >= 15 is 0 Å². The van der Waals surface area contributed by atoms with Crippen LogP contribution in [-0.4, -0.2) is 36.7 Å². The quantitative estimate of drug-likeness (QED) is 0.811. The molecule has 5 nitrogen and oxygen atoms in total. The van der Waals surface area contributed by atoms with Gasteiger partial charge in [0.2, 0.25) is 0 Å². The van der Waals surface area contributed by atoms with Gasteiger partial charge in [0.05, 0.1) is 0 Å². The van der Waals surface area contributed by atoms with Crippen molar-refractivity contribution in [1.82, 2.24) is 5.32 Å². The van der Waals surface area contributed by atoms with Crippen molar-refractivity contribution in [3.8, 4) is 0 Å². The first-order valence-corrected chi connectivity index (χ1v) is 7.35. The fraction of sp³-hybridized carbons (Fsp3) is 0.529. The Kier molecular flexibility index (Phi) is 6.56. The summed E-state index contributed by atoms with van der Waals surface area (Å²) in [6.45, 7) is 6.57. The van der Waals surface area contributed by atoms with E-state index in [1.54, 1.807) is 12.1 Å². The molecule has 1 unspecified atom stereocenters. The highest BCUT2D eigenvalue weighted by Gasteiger charge is 2.23. The van der Waals surface area contributed by atoms with Crippen LogP contribution in [0.15, 0.2) is 24.3 Å². The van der Waals surface area contributed by atoms with E-state index in [-0.39, 0.29) is 24.3 Å². The molecule has 22 heavy (non-hydrogen) atoms. The first-order valence-electron chi connectivity index (χ1n) is 7.35. The fourth-order valence-corrected chi connectivity index (χ4v) is 2.20. The molecule has 0 radical (unpaired) electrons. The van der Waals surface area contributed by atoms with Crippen LogP contribution >= 0.6 is 0 Å². The summed E-state index contributed by atoms with van der Waals surface area (Å²) < 4.78 is 4.88. The van der Waals surface area contributed by atoms with E-state index in [0.29, 0.717) is 5.56 Å². The van der Waals surface area contributed by atoms with Crippen LogP contribution in [0, 0.1) is 5.41 Å². The van der Waals surface area contributed by atoms with Crippen LogP contribution in [0.4, 0.5) is 0 Å². The largest absolute Gasteiger partial charge is 0.480 e. The van der Waals surface area contributed by atoms with Crippen molar-refractivity contribution in [3.63, 3.8) is 0 Å². The molecule has 0 saturated carbocycles. The zero-order chi connectivity index (χ0) is 16.8. The standard InChI is InChI=1S/C17H25NO4/c1-17(2,3)11-12-7-5-6-8-13(12)15(19)18-14(16(20)21)9-10-22-4/h5-8,14H,9-11H2,1-4H3,(H,18,19)(H,20,21). The number of benzene rings is 1. The van der Waals surface area contributed by atoms with Crippen molar-refractivity contribution in [2.24, 2.45) is 5.41 Å². The zero-order valence-corrected chi connectivity index (χ0v) is 13.7. The second-order valence-electron chi connectivity index (χ2n) is 6.54. The second-order valence-corrected chi connectivity index (χ2v) is 6.54. The summed E-state index contributed by atoms with van der Waals surface area (Å²) in [5.41, 5.74) is 1.49. The lowest BCUT2D eigenvalue weighted by Gasteiger charge is -2.21. The average molecular weight is 307 g/mol. The van der Waals surface area contributed by atoms with Crippen LogP contribution in [0.3, 0.4) is 0 Å². The van der Waals surface area contributed by atoms with E-state index in [2.05, 4.69) is 26.1 Å². The smallest absolute Gasteiger partial charge is 0.326 e. The van der Waals surface area contributed by atoms with Gasteiger partial charge in [0, 0.05) is 25.7 Å². The predicted molar refractivity (Wildman–Crippen MR) is 85.0 cm³/mol. The molecule has 0 heterocycles. The molecule has 0 saturated heterocycles. The Hall–Kier alpha value is -1.88. The van der Waals surface area contributed by atoms with Gasteiger partial charge in [-0.15, -0.1) is 0 Å². The van der Waals surface area contributed by atoms with Gasteiger partial charge in [-0.3, -0.25) is 4.79 Å². The van der Waals surface area contributed by atoms with Crippen LogP contribution in [0.2, 0.25) is 0 Å². The summed E-state index contributed by atoms with van der Waals surface area (Å²) in [7, 11) is 1.50. The lowest BCUT2D eigenvalue weighted by atomic mass is 9.86. The SMILES string of the molecule is COCCC(NC(=O)c1ccccc1CC(C)(C)C)C(=O)O. The maximum Gasteiger partial charge on any atom is 0.326 e. The highest BCUT2D eigenvalue weighted by molar-refractivity contribution is 5.97. The molecule has 1 aromatic rings. The van der Waals surface area contributed by atoms with Crippen molar-refractivity contribution in [3.05, 3.63) is 35.4 Å². The third kappa shape index (κ3) is 5.85. The van der Waals surface area contributed by atoms with Crippen LogP contribution in [0.1, 0.15) is 43.1 Å². The van der Waals surface area contributed by atoms with Gasteiger partial charge in [-0.05, 0) is 23.5 Å². The first-order chi connectivity index (χ1) is 10.2. The minimum absolute atomic E-state index is 0.0403. The number of methoxy groups -OCH3 is 1. The van der Waals surface area contributed by atoms with Gasteiger partial charge in [-0.1, -0.05) is 39.0 Å². The molecular formula is C17H25NO4.